The highest BCUT2D eigenvalue weighted by atomic mass is 32.2. The van der Waals surface area contributed by atoms with Gasteiger partial charge in [0, 0.05) is 15.7 Å². The minimum atomic E-state index is 1.05. The number of nitrogens with zero attached hydrogens (tertiary/aromatic N) is 1. The summed E-state index contributed by atoms with van der Waals surface area (Å²) in [6.45, 7) is 2.14. The second-order valence-electron chi connectivity index (χ2n) is 5.35. The summed E-state index contributed by atoms with van der Waals surface area (Å²) in [5.41, 5.74) is 2.34. The second kappa shape index (κ2) is 5.47. The van der Waals surface area contributed by atoms with Crippen LogP contribution in [0.4, 0.5) is 0 Å². The molecular formula is C20H15NS. The number of fused-ring (bicyclic) bond motifs is 3. The van der Waals surface area contributed by atoms with Crippen molar-refractivity contribution in [2.24, 2.45) is 0 Å². The molecule has 0 aliphatic rings. The van der Waals surface area contributed by atoms with E-state index in [1.165, 1.54) is 26.6 Å². The van der Waals surface area contributed by atoms with E-state index in [-0.39, 0.29) is 0 Å². The van der Waals surface area contributed by atoms with Gasteiger partial charge in [0.1, 0.15) is 5.03 Å². The van der Waals surface area contributed by atoms with Gasteiger partial charge in [0.05, 0.1) is 5.52 Å². The highest BCUT2D eigenvalue weighted by molar-refractivity contribution is 7.99. The zero-order valence-electron chi connectivity index (χ0n) is 12.3. The Balaban J connectivity index is 1.98. The molecule has 0 atom stereocenters. The highest BCUT2D eigenvalue weighted by Crippen LogP contribution is 2.36. The van der Waals surface area contributed by atoms with Crippen LogP contribution < -0.4 is 0 Å². The number of benzene rings is 3. The van der Waals surface area contributed by atoms with Crippen LogP contribution in [0.3, 0.4) is 0 Å². The van der Waals surface area contributed by atoms with E-state index in [2.05, 4.69) is 73.7 Å². The van der Waals surface area contributed by atoms with E-state index in [1.54, 1.807) is 11.8 Å². The van der Waals surface area contributed by atoms with Crippen LogP contribution in [0.2, 0.25) is 0 Å². The number of hydrogen-bond acceptors (Lipinski definition) is 2. The Morgan fingerprint density at radius 1 is 0.682 bits per heavy atom. The fourth-order valence-corrected chi connectivity index (χ4v) is 3.74. The molecule has 0 spiro atoms. The molecule has 0 aliphatic heterocycles. The molecule has 4 rings (SSSR count). The molecule has 0 fully saturated rings. The molecule has 0 radical (unpaired) electrons. The summed E-state index contributed by atoms with van der Waals surface area (Å²) in [6, 6.07) is 25.3. The third-order valence-electron chi connectivity index (χ3n) is 3.87. The van der Waals surface area contributed by atoms with Crippen molar-refractivity contribution in [3.8, 4) is 0 Å². The molecular weight excluding hydrogens is 286 g/mol. The van der Waals surface area contributed by atoms with E-state index in [0.29, 0.717) is 0 Å². The van der Waals surface area contributed by atoms with Crippen molar-refractivity contribution in [3.63, 3.8) is 0 Å². The van der Waals surface area contributed by atoms with E-state index in [9.17, 15) is 0 Å². The molecule has 1 aromatic heterocycles. The molecule has 3 aromatic carbocycles. The maximum atomic E-state index is 4.90. The van der Waals surface area contributed by atoms with Gasteiger partial charge in [-0.25, -0.2) is 4.98 Å². The van der Waals surface area contributed by atoms with Crippen molar-refractivity contribution >= 4 is 33.4 Å². The summed E-state index contributed by atoms with van der Waals surface area (Å²) < 4.78 is 0. The van der Waals surface area contributed by atoms with Crippen LogP contribution >= 0.6 is 11.8 Å². The SMILES string of the molecule is Cc1ccccc1Sc1nc2ccccc2c2ccccc12. The quantitative estimate of drug-likeness (QED) is 0.431. The molecule has 4 aromatic rings. The first kappa shape index (κ1) is 13.4. The van der Waals surface area contributed by atoms with Gasteiger partial charge in [-0.1, -0.05) is 72.4 Å². The predicted molar refractivity (Wildman–Crippen MR) is 94.6 cm³/mol. The van der Waals surface area contributed by atoms with Gasteiger partial charge in [-0.05, 0) is 30.0 Å². The Kier molecular flexibility index (Phi) is 3.32. The number of hydrogen-bond donors (Lipinski definition) is 0. The average Bonchev–Trinajstić information content (AvgIpc) is 2.57. The molecule has 2 heteroatoms. The summed E-state index contributed by atoms with van der Waals surface area (Å²) >= 11 is 1.75. The lowest BCUT2D eigenvalue weighted by molar-refractivity contribution is 1.21. The summed E-state index contributed by atoms with van der Waals surface area (Å²) in [7, 11) is 0. The number of para-hydroxylation sites is 1. The topological polar surface area (TPSA) is 12.9 Å². The van der Waals surface area contributed by atoms with Gasteiger partial charge >= 0.3 is 0 Å². The molecule has 22 heavy (non-hydrogen) atoms. The van der Waals surface area contributed by atoms with Gasteiger partial charge in [-0.2, -0.15) is 0 Å². The van der Waals surface area contributed by atoms with Crippen LogP contribution in [0.25, 0.3) is 21.7 Å². The van der Waals surface area contributed by atoms with Gasteiger partial charge in [-0.15, -0.1) is 0 Å². The number of aromatic nitrogens is 1. The smallest absolute Gasteiger partial charge is 0.109 e. The van der Waals surface area contributed by atoms with Crippen LogP contribution in [0.5, 0.6) is 0 Å². The van der Waals surface area contributed by atoms with E-state index < -0.39 is 0 Å². The van der Waals surface area contributed by atoms with Crippen molar-refractivity contribution in [3.05, 3.63) is 78.4 Å². The fourth-order valence-electron chi connectivity index (χ4n) is 2.73. The average molecular weight is 301 g/mol. The highest BCUT2D eigenvalue weighted by Gasteiger charge is 2.10. The first-order valence-electron chi connectivity index (χ1n) is 7.34. The Morgan fingerprint density at radius 3 is 2.14 bits per heavy atom. The number of rotatable bonds is 2. The second-order valence-corrected chi connectivity index (χ2v) is 6.38. The van der Waals surface area contributed by atoms with Gasteiger partial charge < -0.3 is 0 Å². The van der Waals surface area contributed by atoms with Crippen molar-refractivity contribution < 1.29 is 0 Å². The molecule has 0 unspecified atom stereocenters. The van der Waals surface area contributed by atoms with Crippen molar-refractivity contribution in [2.75, 3.05) is 0 Å². The molecule has 0 saturated heterocycles. The standard InChI is InChI=1S/C20H15NS/c1-14-8-2-7-13-19(14)22-20-17-11-4-3-9-15(17)16-10-5-6-12-18(16)21-20/h2-13H,1H3. The van der Waals surface area contributed by atoms with Crippen molar-refractivity contribution in [1.82, 2.24) is 4.98 Å². The van der Waals surface area contributed by atoms with E-state index >= 15 is 0 Å². The molecule has 0 saturated carbocycles. The van der Waals surface area contributed by atoms with Crippen LogP contribution in [-0.2, 0) is 0 Å². The Hall–Kier alpha value is -2.32. The van der Waals surface area contributed by atoms with Crippen molar-refractivity contribution in [1.29, 1.82) is 0 Å². The zero-order chi connectivity index (χ0) is 14.9. The van der Waals surface area contributed by atoms with E-state index in [4.69, 9.17) is 4.98 Å². The molecule has 1 nitrogen and oxygen atoms in total. The Bertz CT molecular complexity index is 975. The monoisotopic (exact) mass is 301 g/mol. The minimum absolute atomic E-state index is 1.05. The van der Waals surface area contributed by atoms with Crippen LogP contribution in [0.1, 0.15) is 5.56 Å². The normalized spacial score (nSPS) is 11.1. The van der Waals surface area contributed by atoms with Crippen LogP contribution in [0, 0.1) is 6.92 Å². The summed E-state index contributed by atoms with van der Waals surface area (Å²) in [5.74, 6) is 0. The lowest BCUT2D eigenvalue weighted by atomic mass is 10.1. The van der Waals surface area contributed by atoms with Gasteiger partial charge in [0.25, 0.3) is 0 Å². The molecule has 0 aliphatic carbocycles. The summed E-state index contributed by atoms with van der Waals surface area (Å²) in [6.07, 6.45) is 0. The summed E-state index contributed by atoms with van der Waals surface area (Å²) in [5, 5.41) is 4.77. The van der Waals surface area contributed by atoms with Crippen molar-refractivity contribution in [2.45, 2.75) is 16.8 Å². The predicted octanol–water partition coefficient (Wildman–Crippen LogP) is 5.85. The third kappa shape index (κ3) is 2.26. The van der Waals surface area contributed by atoms with Gasteiger partial charge in [-0.3, -0.25) is 0 Å². The lowest BCUT2D eigenvalue weighted by Crippen LogP contribution is -1.88. The van der Waals surface area contributed by atoms with E-state index in [1.807, 2.05) is 6.07 Å². The fraction of sp³-hybridized carbons (Fsp3) is 0.0500. The summed E-state index contributed by atoms with van der Waals surface area (Å²) in [4.78, 5) is 6.16. The molecule has 0 bridgehead atoms. The molecule has 0 amide bonds. The van der Waals surface area contributed by atoms with E-state index in [0.717, 1.165) is 10.5 Å². The Labute approximate surface area is 134 Å². The van der Waals surface area contributed by atoms with Gasteiger partial charge in [0.2, 0.25) is 0 Å². The largest absolute Gasteiger partial charge is 0.240 e. The maximum Gasteiger partial charge on any atom is 0.109 e. The molecule has 106 valence electrons. The van der Waals surface area contributed by atoms with Gasteiger partial charge in [0.15, 0.2) is 0 Å². The van der Waals surface area contributed by atoms with Crippen LogP contribution in [0.15, 0.2) is 82.7 Å². The molecule has 0 N–H and O–H groups in total. The number of aryl methyl sites for hydroxylation is 1. The number of pyridine rings is 1. The molecule has 1 heterocycles. The zero-order valence-corrected chi connectivity index (χ0v) is 13.1. The maximum absolute atomic E-state index is 4.90. The minimum Gasteiger partial charge on any atom is -0.240 e. The first-order chi connectivity index (χ1) is 10.8. The first-order valence-corrected chi connectivity index (χ1v) is 8.15. The van der Waals surface area contributed by atoms with Crippen LogP contribution in [-0.4, -0.2) is 4.98 Å². The third-order valence-corrected chi connectivity index (χ3v) is 5.06. The lowest BCUT2D eigenvalue weighted by Gasteiger charge is -2.10. The Morgan fingerprint density at radius 2 is 1.32 bits per heavy atom.